The molecule has 0 atom stereocenters. The third-order valence-electron chi connectivity index (χ3n) is 5.50. The van der Waals surface area contributed by atoms with Crippen LogP contribution in [0.2, 0.25) is 0 Å². The lowest BCUT2D eigenvalue weighted by molar-refractivity contribution is 0.0955. The number of nitrogens with one attached hydrogen (secondary N) is 1. The predicted octanol–water partition coefficient (Wildman–Crippen LogP) is 4.63. The van der Waals surface area contributed by atoms with Gasteiger partial charge in [-0.15, -0.1) is 10.2 Å². The summed E-state index contributed by atoms with van der Waals surface area (Å²) >= 11 is 1.67. The molecule has 0 saturated heterocycles. The molecule has 0 unspecified atom stereocenters. The SMILES string of the molecule is CSc1nnc(CCCNC(=O)c2cccc3ccccc23)n1C1CCCC1. The van der Waals surface area contributed by atoms with Crippen LogP contribution >= 0.6 is 11.8 Å². The maximum atomic E-state index is 12.6. The van der Waals surface area contributed by atoms with E-state index in [-0.39, 0.29) is 5.91 Å². The molecule has 28 heavy (non-hydrogen) atoms. The minimum atomic E-state index is -0.0149. The van der Waals surface area contributed by atoms with Gasteiger partial charge in [0.1, 0.15) is 5.82 Å². The summed E-state index contributed by atoms with van der Waals surface area (Å²) in [6.07, 6.45) is 8.76. The molecule has 1 heterocycles. The van der Waals surface area contributed by atoms with Crippen LogP contribution in [0.4, 0.5) is 0 Å². The highest BCUT2D eigenvalue weighted by atomic mass is 32.2. The molecular weight excluding hydrogens is 368 g/mol. The highest BCUT2D eigenvalue weighted by Crippen LogP contribution is 2.33. The Labute approximate surface area is 169 Å². The van der Waals surface area contributed by atoms with Gasteiger partial charge in [-0.3, -0.25) is 4.79 Å². The molecule has 3 aromatic rings. The Bertz CT molecular complexity index is 957. The fraction of sp³-hybridized carbons (Fsp3) is 0.409. The molecule has 1 N–H and O–H groups in total. The molecule has 0 aliphatic heterocycles. The molecule has 0 spiro atoms. The van der Waals surface area contributed by atoms with E-state index >= 15 is 0 Å². The summed E-state index contributed by atoms with van der Waals surface area (Å²) in [6.45, 7) is 0.633. The Morgan fingerprint density at radius 2 is 1.93 bits per heavy atom. The lowest BCUT2D eigenvalue weighted by Gasteiger charge is -2.16. The summed E-state index contributed by atoms with van der Waals surface area (Å²) in [4.78, 5) is 12.6. The predicted molar refractivity (Wildman–Crippen MR) is 114 cm³/mol. The van der Waals surface area contributed by atoms with Gasteiger partial charge in [0, 0.05) is 24.6 Å². The first-order valence-corrected chi connectivity index (χ1v) is 11.2. The number of hydrogen-bond acceptors (Lipinski definition) is 4. The summed E-state index contributed by atoms with van der Waals surface area (Å²) in [5.74, 6) is 1.04. The number of carbonyl (C=O) groups is 1. The van der Waals surface area contributed by atoms with Gasteiger partial charge in [0.2, 0.25) is 0 Å². The molecule has 0 bridgehead atoms. The first kappa shape index (κ1) is 19.0. The first-order chi connectivity index (χ1) is 13.8. The van der Waals surface area contributed by atoms with E-state index < -0.39 is 0 Å². The van der Waals surface area contributed by atoms with Crippen molar-refractivity contribution in [2.75, 3.05) is 12.8 Å². The van der Waals surface area contributed by atoms with Crippen LogP contribution in [0.15, 0.2) is 47.6 Å². The van der Waals surface area contributed by atoms with Gasteiger partial charge >= 0.3 is 0 Å². The highest BCUT2D eigenvalue weighted by Gasteiger charge is 2.23. The molecule has 1 fully saturated rings. The topological polar surface area (TPSA) is 59.8 Å². The molecular formula is C22H26N4OS. The molecule has 5 nitrogen and oxygen atoms in total. The molecule has 6 heteroatoms. The van der Waals surface area contributed by atoms with Gasteiger partial charge in [-0.05, 0) is 42.4 Å². The summed E-state index contributed by atoms with van der Waals surface area (Å²) in [6, 6.07) is 14.4. The van der Waals surface area contributed by atoms with Crippen molar-refractivity contribution in [1.82, 2.24) is 20.1 Å². The molecule has 4 rings (SSSR count). The fourth-order valence-corrected chi connectivity index (χ4v) is 4.69. The monoisotopic (exact) mass is 394 g/mol. The normalized spacial score (nSPS) is 14.6. The second kappa shape index (κ2) is 8.78. The number of fused-ring (bicyclic) bond motifs is 1. The van der Waals surface area contributed by atoms with Gasteiger partial charge in [0.25, 0.3) is 5.91 Å². The average Bonchev–Trinajstić information content (AvgIpc) is 3.39. The largest absolute Gasteiger partial charge is 0.352 e. The number of aryl methyl sites for hydroxylation is 1. The van der Waals surface area contributed by atoms with Crippen LogP contribution in [0.5, 0.6) is 0 Å². The lowest BCUT2D eigenvalue weighted by atomic mass is 10.0. The van der Waals surface area contributed by atoms with Crippen LogP contribution < -0.4 is 5.32 Å². The number of hydrogen-bond donors (Lipinski definition) is 1. The van der Waals surface area contributed by atoms with Gasteiger partial charge in [-0.25, -0.2) is 0 Å². The number of carbonyl (C=O) groups excluding carboxylic acids is 1. The number of aromatic nitrogens is 3. The summed E-state index contributed by atoms with van der Waals surface area (Å²) in [5.41, 5.74) is 0.733. The van der Waals surface area contributed by atoms with Crippen molar-refractivity contribution in [1.29, 1.82) is 0 Å². The van der Waals surface area contributed by atoms with Gasteiger partial charge in [-0.2, -0.15) is 0 Å². The summed E-state index contributed by atoms with van der Waals surface area (Å²) in [7, 11) is 0. The van der Waals surface area contributed by atoms with Gasteiger partial charge in [-0.1, -0.05) is 61.0 Å². The fourth-order valence-electron chi connectivity index (χ4n) is 4.11. The Kier molecular flexibility index (Phi) is 5.95. The molecule has 1 amide bonds. The quantitative estimate of drug-likeness (QED) is 0.469. The van der Waals surface area contributed by atoms with Crippen molar-refractivity contribution in [3.8, 4) is 0 Å². The third kappa shape index (κ3) is 3.92. The van der Waals surface area contributed by atoms with E-state index in [1.54, 1.807) is 11.8 Å². The van der Waals surface area contributed by atoms with Crippen LogP contribution in [0.1, 0.15) is 54.3 Å². The third-order valence-corrected chi connectivity index (χ3v) is 6.15. The van der Waals surface area contributed by atoms with E-state index in [2.05, 4.69) is 26.3 Å². The number of benzene rings is 2. The molecule has 1 aliphatic rings. The van der Waals surface area contributed by atoms with Crippen molar-refractivity contribution in [2.45, 2.75) is 49.7 Å². The zero-order chi connectivity index (χ0) is 19.3. The number of thioether (sulfide) groups is 1. The number of rotatable bonds is 7. The van der Waals surface area contributed by atoms with E-state index in [0.717, 1.165) is 40.2 Å². The van der Waals surface area contributed by atoms with Crippen molar-refractivity contribution >= 4 is 28.4 Å². The summed E-state index contributed by atoms with van der Waals surface area (Å²) in [5, 5.41) is 15.0. The molecule has 0 radical (unpaired) electrons. The number of nitrogens with zero attached hydrogens (tertiary/aromatic N) is 3. The number of amides is 1. The second-order valence-electron chi connectivity index (χ2n) is 7.30. The van der Waals surface area contributed by atoms with Gasteiger partial charge < -0.3 is 9.88 Å². The standard InChI is InChI=1S/C22H26N4OS/c1-28-22-25-24-20(26(22)17-10-3-4-11-17)14-7-15-23-21(27)19-13-6-9-16-8-2-5-12-18(16)19/h2,5-6,8-9,12-13,17H,3-4,7,10-11,14-15H2,1H3,(H,23,27). The van der Waals surface area contributed by atoms with Crippen molar-refractivity contribution in [3.05, 3.63) is 53.9 Å². The van der Waals surface area contributed by atoms with Crippen molar-refractivity contribution in [2.24, 2.45) is 0 Å². The minimum Gasteiger partial charge on any atom is -0.352 e. The zero-order valence-corrected chi connectivity index (χ0v) is 17.0. The molecule has 1 aliphatic carbocycles. The lowest BCUT2D eigenvalue weighted by Crippen LogP contribution is -2.25. The highest BCUT2D eigenvalue weighted by molar-refractivity contribution is 7.98. The zero-order valence-electron chi connectivity index (χ0n) is 16.2. The van der Waals surface area contributed by atoms with Crippen LogP contribution in [0.3, 0.4) is 0 Å². The second-order valence-corrected chi connectivity index (χ2v) is 8.07. The van der Waals surface area contributed by atoms with Crippen molar-refractivity contribution < 1.29 is 4.79 Å². The van der Waals surface area contributed by atoms with E-state index in [9.17, 15) is 4.79 Å². The van der Waals surface area contributed by atoms with Gasteiger partial charge in [0.05, 0.1) is 0 Å². The van der Waals surface area contributed by atoms with Crippen LogP contribution in [-0.2, 0) is 6.42 Å². The van der Waals surface area contributed by atoms with Crippen molar-refractivity contribution in [3.63, 3.8) is 0 Å². The minimum absolute atomic E-state index is 0.0149. The molecule has 146 valence electrons. The molecule has 1 aromatic heterocycles. The smallest absolute Gasteiger partial charge is 0.251 e. The molecule has 2 aromatic carbocycles. The Morgan fingerprint density at radius 3 is 2.75 bits per heavy atom. The summed E-state index contributed by atoms with van der Waals surface area (Å²) < 4.78 is 2.34. The van der Waals surface area contributed by atoms with E-state index in [4.69, 9.17) is 0 Å². The van der Waals surface area contributed by atoms with E-state index in [1.807, 2.05) is 42.5 Å². The Morgan fingerprint density at radius 1 is 1.14 bits per heavy atom. The maximum absolute atomic E-state index is 12.6. The van der Waals surface area contributed by atoms with Crippen LogP contribution in [0, 0.1) is 0 Å². The van der Waals surface area contributed by atoms with Gasteiger partial charge in [0.15, 0.2) is 5.16 Å². The van der Waals surface area contributed by atoms with Crippen LogP contribution in [0.25, 0.3) is 10.8 Å². The average molecular weight is 395 g/mol. The van der Waals surface area contributed by atoms with E-state index in [1.165, 1.54) is 25.7 Å². The Balaban J connectivity index is 1.37. The maximum Gasteiger partial charge on any atom is 0.251 e. The first-order valence-electron chi connectivity index (χ1n) is 10.0. The van der Waals surface area contributed by atoms with Crippen LogP contribution in [-0.4, -0.2) is 33.5 Å². The van der Waals surface area contributed by atoms with E-state index in [0.29, 0.717) is 12.6 Å². The Hall–Kier alpha value is -2.34. The molecule has 1 saturated carbocycles.